The lowest BCUT2D eigenvalue weighted by Crippen LogP contribution is -1.99. The molecule has 2 nitrogen and oxygen atoms in total. The van der Waals surface area contributed by atoms with Gasteiger partial charge in [-0.05, 0) is 37.1 Å². The van der Waals surface area contributed by atoms with E-state index in [0.29, 0.717) is 6.54 Å². The average molecular weight is 330 g/mol. The lowest BCUT2D eigenvalue weighted by molar-refractivity contribution is 0.931. The van der Waals surface area contributed by atoms with Crippen molar-refractivity contribution >= 4 is 17.0 Å². The molecule has 0 aliphatic carbocycles. The molecule has 0 aliphatic rings. The standard InChI is InChI=1S/C23H26N2/c1-4-7-17(2)10-15-21-18(3)25(23-9-6-5-8-22(21)23)20-13-11-19(16-24)12-14-20/h5-6,8-15H,2,4,7,16,24H2,1,3H3/b15-10-. The van der Waals surface area contributed by atoms with Gasteiger partial charge in [0.25, 0.3) is 0 Å². The van der Waals surface area contributed by atoms with Gasteiger partial charge >= 0.3 is 0 Å². The summed E-state index contributed by atoms with van der Waals surface area (Å²) in [5, 5.41) is 1.27. The maximum absolute atomic E-state index is 5.73. The second kappa shape index (κ2) is 7.54. The van der Waals surface area contributed by atoms with Crippen LogP contribution in [0.2, 0.25) is 0 Å². The lowest BCUT2D eigenvalue weighted by atomic mass is 10.1. The second-order valence-corrected chi connectivity index (χ2v) is 6.46. The smallest absolute Gasteiger partial charge is 0.0537 e. The molecule has 0 bridgehead atoms. The van der Waals surface area contributed by atoms with Gasteiger partial charge in [-0.1, -0.05) is 68.0 Å². The zero-order valence-electron chi connectivity index (χ0n) is 15.1. The van der Waals surface area contributed by atoms with Crippen LogP contribution in [-0.4, -0.2) is 4.57 Å². The van der Waals surface area contributed by atoms with Gasteiger partial charge in [-0.3, -0.25) is 0 Å². The van der Waals surface area contributed by atoms with Gasteiger partial charge in [-0.2, -0.15) is 0 Å². The topological polar surface area (TPSA) is 30.9 Å². The Morgan fingerprint density at radius 1 is 1.12 bits per heavy atom. The second-order valence-electron chi connectivity index (χ2n) is 6.46. The first kappa shape index (κ1) is 17.2. The highest BCUT2D eigenvalue weighted by Crippen LogP contribution is 2.30. The van der Waals surface area contributed by atoms with Crippen LogP contribution >= 0.6 is 0 Å². The number of hydrogen-bond donors (Lipinski definition) is 1. The zero-order chi connectivity index (χ0) is 17.8. The van der Waals surface area contributed by atoms with Gasteiger partial charge in [0.2, 0.25) is 0 Å². The fraction of sp³-hybridized carbons (Fsp3) is 0.217. The summed E-state index contributed by atoms with van der Waals surface area (Å²) in [4.78, 5) is 0. The third kappa shape index (κ3) is 3.45. The van der Waals surface area contributed by atoms with Crippen molar-refractivity contribution in [1.82, 2.24) is 4.57 Å². The van der Waals surface area contributed by atoms with Crippen molar-refractivity contribution in [3.8, 4) is 5.69 Å². The molecular weight excluding hydrogens is 304 g/mol. The molecule has 0 atom stereocenters. The quantitative estimate of drug-likeness (QED) is 0.572. The van der Waals surface area contributed by atoms with Crippen LogP contribution in [0.1, 0.15) is 36.6 Å². The fourth-order valence-electron chi connectivity index (χ4n) is 3.32. The Morgan fingerprint density at radius 3 is 2.52 bits per heavy atom. The van der Waals surface area contributed by atoms with E-state index < -0.39 is 0 Å². The van der Waals surface area contributed by atoms with Crippen molar-refractivity contribution in [3.63, 3.8) is 0 Å². The number of nitrogens with two attached hydrogens (primary N) is 1. The number of allylic oxidation sites excluding steroid dienone is 2. The van der Waals surface area contributed by atoms with E-state index in [9.17, 15) is 0 Å². The van der Waals surface area contributed by atoms with Crippen LogP contribution in [0.4, 0.5) is 0 Å². The molecule has 0 saturated carbocycles. The molecule has 0 amide bonds. The molecule has 0 saturated heterocycles. The minimum atomic E-state index is 0.569. The summed E-state index contributed by atoms with van der Waals surface area (Å²) >= 11 is 0. The Hall–Kier alpha value is -2.58. The Morgan fingerprint density at radius 2 is 1.84 bits per heavy atom. The molecule has 1 aromatic heterocycles. The average Bonchev–Trinajstić information content (AvgIpc) is 2.92. The predicted molar refractivity (Wildman–Crippen MR) is 109 cm³/mol. The van der Waals surface area contributed by atoms with E-state index >= 15 is 0 Å². The van der Waals surface area contributed by atoms with Crippen LogP contribution in [0, 0.1) is 6.92 Å². The molecule has 2 aromatic carbocycles. The molecule has 0 radical (unpaired) electrons. The van der Waals surface area contributed by atoms with Gasteiger partial charge in [-0.25, -0.2) is 0 Å². The first-order valence-electron chi connectivity index (χ1n) is 8.91. The Labute approximate surface area is 150 Å². The molecular formula is C23H26N2. The molecule has 3 rings (SSSR count). The van der Waals surface area contributed by atoms with Crippen molar-refractivity contribution in [3.05, 3.63) is 83.6 Å². The van der Waals surface area contributed by atoms with Gasteiger partial charge in [-0.15, -0.1) is 0 Å². The highest BCUT2D eigenvalue weighted by molar-refractivity contribution is 5.92. The summed E-state index contributed by atoms with van der Waals surface area (Å²) in [5.41, 5.74) is 12.9. The monoisotopic (exact) mass is 330 g/mol. The lowest BCUT2D eigenvalue weighted by Gasteiger charge is -2.09. The minimum absolute atomic E-state index is 0.569. The first-order chi connectivity index (χ1) is 12.2. The first-order valence-corrected chi connectivity index (χ1v) is 8.91. The zero-order valence-corrected chi connectivity index (χ0v) is 15.1. The summed E-state index contributed by atoms with van der Waals surface area (Å²) in [6, 6.07) is 17.0. The number of nitrogens with zero attached hydrogens (tertiary/aromatic N) is 1. The van der Waals surface area contributed by atoms with Crippen molar-refractivity contribution < 1.29 is 0 Å². The van der Waals surface area contributed by atoms with Crippen molar-refractivity contribution in [2.24, 2.45) is 5.73 Å². The number of hydrogen-bond acceptors (Lipinski definition) is 1. The van der Waals surface area contributed by atoms with E-state index in [1.807, 2.05) is 0 Å². The molecule has 2 N–H and O–H groups in total. The normalized spacial score (nSPS) is 11.5. The summed E-state index contributed by atoms with van der Waals surface area (Å²) in [5.74, 6) is 0. The summed E-state index contributed by atoms with van der Waals surface area (Å²) in [7, 11) is 0. The highest BCUT2D eigenvalue weighted by atomic mass is 15.0. The molecule has 25 heavy (non-hydrogen) atoms. The molecule has 128 valence electrons. The number of aromatic nitrogens is 1. The van der Waals surface area contributed by atoms with Gasteiger partial charge in [0.1, 0.15) is 0 Å². The van der Waals surface area contributed by atoms with Crippen LogP contribution in [0.15, 0.2) is 66.8 Å². The fourth-order valence-corrected chi connectivity index (χ4v) is 3.32. The number of para-hydroxylation sites is 1. The summed E-state index contributed by atoms with van der Waals surface area (Å²) in [6.45, 7) is 9.08. The maximum Gasteiger partial charge on any atom is 0.0537 e. The molecule has 0 fully saturated rings. The van der Waals surface area contributed by atoms with Crippen LogP contribution in [0.25, 0.3) is 22.7 Å². The van der Waals surface area contributed by atoms with Gasteiger partial charge < -0.3 is 10.3 Å². The van der Waals surface area contributed by atoms with E-state index in [4.69, 9.17) is 5.73 Å². The van der Waals surface area contributed by atoms with Crippen molar-refractivity contribution in [2.75, 3.05) is 0 Å². The van der Waals surface area contributed by atoms with Gasteiger partial charge in [0.05, 0.1) is 5.52 Å². The van der Waals surface area contributed by atoms with E-state index in [0.717, 1.165) is 24.1 Å². The largest absolute Gasteiger partial charge is 0.326 e. The Kier molecular flexibility index (Phi) is 5.20. The highest BCUT2D eigenvalue weighted by Gasteiger charge is 2.13. The van der Waals surface area contributed by atoms with E-state index in [-0.39, 0.29) is 0 Å². The minimum Gasteiger partial charge on any atom is -0.326 e. The van der Waals surface area contributed by atoms with Crippen LogP contribution in [0.5, 0.6) is 0 Å². The molecule has 0 spiro atoms. The molecule has 1 heterocycles. The number of benzene rings is 2. The molecule has 2 heteroatoms. The van der Waals surface area contributed by atoms with E-state index in [2.05, 4.69) is 85.7 Å². The third-order valence-corrected chi connectivity index (χ3v) is 4.65. The van der Waals surface area contributed by atoms with Crippen LogP contribution < -0.4 is 5.73 Å². The molecule has 3 aromatic rings. The predicted octanol–water partition coefficient (Wildman–Crippen LogP) is 5.77. The summed E-state index contributed by atoms with van der Waals surface area (Å²) < 4.78 is 2.32. The maximum atomic E-state index is 5.73. The Bertz CT molecular complexity index is 911. The Balaban J connectivity index is 2.13. The molecule has 0 unspecified atom stereocenters. The van der Waals surface area contributed by atoms with Crippen LogP contribution in [0.3, 0.4) is 0 Å². The van der Waals surface area contributed by atoms with E-state index in [1.165, 1.54) is 27.7 Å². The number of rotatable bonds is 6. The van der Waals surface area contributed by atoms with Gasteiger partial charge in [0, 0.05) is 28.9 Å². The summed E-state index contributed by atoms with van der Waals surface area (Å²) in [6.07, 6.45) is 6.52. The third-order valence-electron chi connectivity index (χ3n) is 4.65. The SMILES string of the molecule is C=C(/C=C\c1c(C)n(-c2ccc(CN)cc2)c2ccccc12)CCC. The molecule has 0 aliphatic heterocycles. The van der Waals surface area contributed by atoms with Crippen molar-refractivity contribution in [1.29, 1.82) is 0 Å². The van der Waals surface area contributed by atoms with Crippen LogP contribution in [-0.2, 0) is 6.54 Å². The van der Waals surface area contributed by atoms with Crippen molar-refractivity contribution in [2.45, 2.75) is 33.2 Å². The number of fused-ring (bicyclic) bond motifs is 1. The van der Waals surface area contributed by atoms with E-state index in [1.54, 1.807) is 0 Å². The van der Waals surface area contributed by atoms with Gasteiger partial charge in [0.15, 0.2) is 0 Å².